The van der Waals surface area contributed by atoms with Crippen LogP contribution in [-0.2, 0) is 17.8 Å². The van der Waals surface area contributed by atoms with Crippen molar-refractivity contribution in [3.8, 4) is 0 Å². The minimum atomic E-state index is 0.570. The molecule has 0 aromatic carbocycles. The van der Waals surface area contributed by atoms with Gasteiger partial charge in [0.2, 0.25) is 0 Å². The number of ether oxygens (including phenoxy) is 1. The van der Waals surface area contributed by atoms with E-state index in [1.807, 2.05) is 6.92 Å². The lowest BCUT2D eigenvalue weighted by molar-refractivity contribution is 0.178. The first kappa shape index (κ1) is 8.27. The maximum absolute atomic E-state index is 4.95. The molecule has 0 aliphatic heterocycles. The smallest absolute Gasteiger partial charge is 0.132 e. The molecule has 0 aliphatic carbocycles. The van der Waals surface area contributed by atoms with Crippen LogP contribution in [-0.4, -0.2) is 17.1 Å². The molecule has 11 heavy (non-hydrogen) atoms. The predicted octanol–water partition coefficient (Wildman–Crippen LogP) is 1.43. The monoisotopic (exact) mass is 154 g/mol. The molecule has 0 unspecified atom stereocenters. The third-order valence-electron chi connectivity index (χ3n) is 1.65. The number of hydrogen-bond acceptors (Lipinski definition) is 2. The Morgan fingerprint density at radius 1 is 1.55 bits per heavy atom. The fourth-order valence-electron chi connectivity index (χ4n) is 1.11. The summed E-state index contributed by atoms with van der Waals surface area (Å²) in [4.78, 5) is 7.50. The van der Waals surface area contributed by atoms with Crippen LogP contribution in [0.1, 0.15) is 24.1 Å². The van der Waals surface area contributed by atoms with Crippen LogP contribution in [0.25, 0.3) is 0 Å². The summed E-state index contributed by atoms with van der Waals surface area (Å²) in [6.07, 6.45) is 0.978. The first-order valence-electron chi connectivity index (χ1n) is 3.81. The number of nitrogens with one attached hydrogen (secondary N) is 1. The third-order valence-corrected chi connectivity index (χ3v) is 1.65. The molecule has 0 saturated heterocycles. The first-order valence-corrected chi connectivity index (χ1v) is 3.81. The standard InChI is InChI=1S/C8H14N2O/c1-4-7-6(2)9-8(10-7)5-11-3/h4-5H2,1-3H3,(H,9,10). The van der Waals surface area contributed by atoms with Crippen LogP contribution in [0.3, 0.4) is 0 Å². The van der Waals surface area contributed by atoms with E-state index in [4.69, 9.17) is 4.74 Å². The highest BCUT2D eigenvalue weighted by Gasteiger charge is 2.02. The van der Waals surface area contributed by atoms with E-state index in [2.05, 4.69) is 16.9 Å². The van der Waals surface area contributed by atoms with Gasteiger partial charge in [-0.05, 0) is 13.3 Å². The van der Waals surface area contributed by atoms with Gasteiger partial charge in [0.15, 0.2) is 0 Å². The van der Waals surface area contributed by atoms with Gasteiger partial charge in [-0.2, -0.15) is 0 Å². The molecule has 1 rings (SSSR count). The molecule has 0 spiro atoms. The van der Waals surface area contributed by atoms with E-state index in [-0.39, 0.29) is 0 Å². The van der Waals surface area contributed by atoms with E-state index < -0.39 is 0 Å². The maximum atomic E-state index is 4.95. The van der Waals surface area contributed by atoms with Crippen molar-refractivity contribution in [2.75, 3.05) is 7.11 Å². The Kier molecular flexibility index (Phi) is 2.65. The summed E-state index contributed by atoms with van der Waals surface area (Å²) in [6.45, 7) is 4.70. The number of hydrogen-bond donors (Lipinski definition) is 1. The van der Waals surface area contributed by atoms with Gasteiger partial charge in [-0.1, -0.05) is 6.92 Å². The zero-order chi connectivity index (χ0) is 8.27. The van der Waals surface area contributed by atoms with E-state index in [1.165, 1.54) is 0 Å². The molecule has 1 aromatic rings. The quantitative estimate of drug-likeness (QED) is 0.715. The highest BCUT2D eigenvalue weighted by atomic mass is 16.5. The molecule has 0 amide bonds. The number of methoxy groups -OCH3 is 1. The van der Waals surface area contributed by atoms with Crippen molar-refractivity contribution in [2.24, 2.45) is 0 Å². The van der Waals surface area contributed by atoms with Gasteiger partial charge in [-0.3, -0.25) is 0 Å². The van der Waals surface area contributed by atoms with E-state index in [1.54, 1.807) is 7.11 Å². The summed E-state index contributed by atoms with van der Waals surface area (Å²) in [5.74, 6) is 0.918. The van der Waals surface area contributed by atoms with Crippen LogP contribution in [0.15, 0.2) is 0 Å². The van der Waals surface area contributed by atoms with Crippen molar-refractivity contribution in [3.63, 3.8) is 0 Å². The molecule has 0 saturated carbocycles. The maximum Gasteiger partial charge on any atom is 0.132 e. The average Bonchev–Trinajstić information content (AvgIpc) is 2.32. The van der Waals surface area contributed by atoms with E-state index >= 15 is 0 Å². The fraction of sp³-hybridized carbons (Fsp3) is 0.625. The molecule has 1 aromatic heterocycles. The lowest BCUT2D eigenvalue weighted by Crippen LogP contribution is -1.89. The summed E-state index contributed by atoms with van der Waals surface area (Å²) in [5, 5.41) is 0. The first-order chi connectivity index (χ1) is 5.27. The molecule has 0 aliphatic rings. The molecule has 62 valence electrons. The molecule has 1 heterocycles. The number of imidazole rings is 1. The van der Waals surface area contributed by atoms with Crippen LogP contribution in [0, 0.1) is 6.92 Å². The Hall–Kier alpha value is -0.830. The molecule has 0 radical (unpaired) electrons. The fourth-order valence-corrected chi connectivity index (χ4v) is 1.11. The van der Waals surface area contributed by atoms with Crippen LogP contribution in [0.4, 0.5) is 0 Å². The number of nitrogens with zero attached hydrogens (tertiary/aromatic N) is 1. The minimum Gasteiger partial charge on any atom is -0.377 e. The number of aryl methyl sites for hydroxylation is 2. The van der Waals surface area contributed by atoms with Crippen molar-refractivity contribution in [1.82, 2.24) is 9.97 Å². The summed E-state index contributed by atoms with van der Waals surface area (Å²) < 4.78 is 4.95. The molecular formula is C8H14N2O. The molecule has 0 bridgehead atoms. The highest BCUT2D eigenvalue weighted by Crippen LogP contribution is 2.05. The molecule has 0 atom stereocenters. The number of aromatic amines is 1. The predicted molar refractivity (Wildman–Crippen MR) is 43.4 cm³/mol. The minimum absolute atomic E-state index is 0.570. The van der Waals surface area contributed by atoms with Crippen LogP contribution >= 0.6 is 0 Å². The largest absolute Gasteiger partial charge is 0.377 e. The second-order valence-corrected chi connectivity index (χ2v) is 2.54. The second kappa shape index (κ2) is 3.53. The summed E-state index contributed by atoms with van der Waals surface area (Å²) >= 11 is 0. The van der Waals surface area contributed by atoms with Gasteiger partial charge in [-0.25, -0.2) is 4.98 Å². The normalized spacial score (nSPS) is 10.5. The Morgan fingerprint density at radius 2 is 2.27 bits per heavy atom. The molecule has 3 heteroatoms. The van der Waals surface area contributed by atoms with Gasteiger partial charge >= 0.3 is 0 Å². The van der Waals surface area contributed by atoms with Gasteiger partial charge in [-0.15, -0.1) is 0 Å². The van der Waals surface area contributed by atoms with Crippen molar-refractivity contribution >= 4 is 0 Å². The lowest BCUT2D eigenvalue weighted by Gasteiger charge is -1.90. The summed E-state index contributed by atoms with van der Waals surface area (Å²) in [6, 6.07) is 0. The van der Waals surface area contributed by atoms with E-state index in [9.17, 15) is 0 Å². The van der Waals surface area contributed by atoms with Gasteiger partial charge in [0.25, 0.3) is 0 Å². The third kappa shape index (κ3) is 1.80. The SMILES string of the molecule is CCc1nc(COC)[nH]c1C. The van der Waals surface area contributed by atoms with Gasteiger partial charge in [0.05, 0.1) is 5.69 Å². The van der Waals surface area contributed by atoms with Crippen molar-refractivity contribution in [1.29, 1.82) is 0 Å². The lowest BCUT2D eigenvalue weighted by atomic mass is 10.3. The van der Waals surface area contributed by atoms with Crippen molar-refractivity contribution in [3.05, 3.63) is 17.2 Å². The zero-order valence-corrected chi connectivity index (χ0v) is 7.27. The number of rotatable bonds is 3. The highest BCUT2D eigenvalue weighted by molar-refractivity contribution is 5.12. The van der Waals surface area contributed by atoms with Crippen molar-refractivity contribution < 1.29 is 4.74 Å². The van der Waals surface area contributed by atoms with E-state index in [0.29, 0.717) is 6.61 Å². The zero-order valence-electron chi connectivity index (χ0n) is 7.27. The van der Waals surface area contributed by atoms with Crippen LogP contribution in [0.5, 0.6) is 0 Å². The topological polar surface area (TPSA) is 37.9 Å². The van der Waals surface area contributed by atoms with Crippen molar-refractivity contribution in [2.45, 2.75) is 26.9 Å². The molecule has 3 nitrogen and oxygen atoms in total. The Morgan fingerprint density at radius 3 is 2.73 bits per heavy atom. The van der Waals surface area contributed by atoms with Gasteiger partial charge in [0, 0.05) is 12.8 Å². The second-order valence-electron chi connectivity index (χ2n) is 2.54. The molecule has 0 fully saturated rings. The summed E-state index contributed by atoms with van der Waals surface area (Å²) in [7, 11) is 1.67. The molecule has 1 N–H and O–H groups in total. The summed E-state index contributed by atoms with van der Waals surface area (Å²) in [5.41, 5.74) is 2.29. The number of H-pyrrole nitrogens is 1. The average molecular weight is 154 g/mol. The van der Waals surface area contributed by atoms with Crippen LogP contribution in [0.2, 0.25) is 0 Å². The number of aromatic nitrogens is 2. The Balaban J connectivity index is 2.77. The van der Waals surface area contributed by atoms with Crippen LogP contribution < -0.4 is 0 Å². The Labute approximate surface area is 66.8 Å². The molecular weight excluding hydrogens is 140 g/mol. The van der Waals surface area contributed by atoms with Gasteiger partial charge in [0.1, 0.15) is 12.4 Å². The van der Waals surface area contributed by atoms with Gasteiger partial charge < -0.3 is 9.72 Å². The van der Waals surface area contributed by atoms with E-state index in [0.717, 1.165) is 23.6 Å². The Bertz CT molecular complexity index is 230.